The van der Waals surface area contributed by atoms with Crippen LogP contribution in [-0.4, -0.2) is 28.9 Å². The van der Waals surface area contributed by atoms with Crippen LogP contribution in [0.2, 0.25) is 0 Å². The topological polar surface area (TPSA) is 64.2 Å². The third-order valence-electron chi connectivity index (χ3n) is 2.38. The number of ether oxygens (including phenoxy) is 2. The Kier molecular flexibility index (Phi) is 2.98. The van der Waals surface area contributed by atoms with Gasteiger partial charge in [0.15, 0.2) is 0 Å². The van der Waals surface area contributed by atoms with Crippen LogP contribution in [0.5, 0.6) is 5.75 Å². The summed E-state index contributed by atoms with van der Waals surface area (Å²) < 4.78 is 10.6. The minimum atomic E-state index is -0.521. The monoisotopic (exact) mass is 248 g/mol. The number of H-pyrrole nitrogens is 1. The first-order valence-electron chi connectivity index (χ1n) is 5.65. The lowest BCUT2D eigenvalue weighted by atomic mass is 10.1. The van der Waals surface area contributed by atoms with Crippen LogP contribution >= 0.6 is 0 Å². The molecule has 1 heterocycles. The van der Waals surface area contributed by atoms with Crippen LogP contribution in [0.3, 0.4) is 0 Å². The van der Waals surface area contributed by atoms with Gasteiger partial charge in [0.05, 0.1) is 29.8 Å². The quantitative estimate of drug-likeness (QED) is 0.829. The van der Waals surface area contributed by atoms with E-state index in [9.17, 15) is 4.79 Å². The van der Waals surface area contributed by atoms with Gasteiger partial charge < -0.3 is 9.47 Å². The van der Waals surface area contributed by atoms with Crippen LogP contribution in [-0.2, 0) is 4.74 Å². The van der Waals surface area contributed by atoms with E-state index in [4.69, 9.17) is 9.47 Å². The predicted octanol–water partition coefficient (Wildman–Crippen LogP) is 2.53. The molecular weight excluding hydrogens is 232 g/mol. The number of nitrogens with one attached hydrogen (secondary N) is 1. The van der Waals surface area contributed by atoms with Crippen molar-refractivity contribution >= 4 is 16.9 Å². The van der Waals surface area contributed by atoms with Gasteiger partial charge in [0.25, 0.3) is 0 Å². The first kappa shape index (κ1) is 12.4. The molecule has 1 aromatic heterocycles. The van der Waals surface area contributed by atoms with E-state index in [1.165, 1.54) is 0 Å². The van der Waals surface area contributed by atoms with Gasteiger partial charge in [-0.15, -0.1) is 0 Å². The summed E-state index contributed by atoms with van der Waals surface area (Å²) in [5.41, 5.74) is 0.668. The Morgan fingerprint density at radius 1 is 1.33 bits per heavy atom. The lowest BCUT2D eigenvalue weighted by molar-refractivity contribution is 0.00694. The number of benzene rings is 1. The van der Waals surface area contributed by atoms with E-state index in [-0.39, 0.29) is 5.97 Å². The van der Waals surface area contributed by atoms with E-state index in [0.29, 0.717) is 11.3 Å². The van der Waals surface area contributed by atoms with Crippen LogP contribution in [0, 0.1) is 0 Å². The molecule has 5 nitrogen and oxygen atoms in total. The van der Waals surface area contributed by atoms with Crippen molar-refractivity contribution in [2.75, 3.05) is 7.11 Å². The number of fused-ring (bicyclic) bond motifs is 1. The molecule has 0 amide bonds. The highest BCUT2D eigenvalue weighted by molar-refractivity contribution is 5.97. The van der Waals surface area contributed by atoms with E-state index in [1.54, 1.807) is 25.4 Å². The molecule has 2 aromatic rings. The maximum Gasteiger partial charge on any atom is 0.338 e. The fourth-order valence-electron chi connectivity index (χ4n) is 1.64. The van der Waals surface area contributed by atoms with E-state index in [0.717, 1.165) is 10.9 Å². The first-order chi connectivity index (χ1) is 8.40. The summed E-state index contributed by atoms with van der Waals surface area (Å²) >= 11 is 0. The van der Waals surface area contributed by atoms with E-state index in [2.05, 4.69) is 10.2 Å². The summed E-state index contributed by atoms with van der Waals surface area (Å²) in [6, 6.07) is 3.37. The van der Waals surface area contributed by atoms with Crippen molar-refractivity contribution in [3.63, 3.8) is 0 Å². The van der Waals surface area contributed by atoms with Crippen molar-refractivity contribution in [3.8, 4) is 5.75 Å². The Morgan fingerprint density at radius 2 is 2.06 bits per heavy atom. The number of carbonyl (C=O) groups excluding carboxylic acids is 1. The predicted molar refractivity (Wildman–Crippen MR) is 67.8 cm³/mol. The van der Waals surface area contributed by atoms with Crippen molar-refractivity contribution in [3.05, 3.63) is 23.9 Å². The summed E-state index contributed by atoms with van der Waals surface area (Å²) in [6.07, 6.45) is 1.66. The molecule has 0 aliphatic heterocycles. The molecule has 0 saturated heterocycles. The highest BCUT2D eigenvalue weighted by Gasteiger charge is 2.19. The van der Waals surface area contributed by atoms with E-state index < -0.39 is 5.60 Å². The maximum atomic E-state index is 12.0. The SMILES string of the molecule is COc1cc(C(=O)OC(C)(C)C)cc2[nH]ncc12. The summed E-state index contributed by atoms with van der Waals surface area (Å²) in [6.45, 7) is 5.49. The average Bonchev–Trinajstić information content (AvgIpc) is 2.73. The number of aromatic nitrogens is 2. The maximum absolute atomic E-state index is 12.0. The number of rotatable bonds is 2. The van der Waals surface area contributed by atoms with Gasteiger partial charge in [-0.05, 0) is 32.9 Å². The molecule has 2 rings (SSSR count). The number of aromatic amines is 1. The first-order valence-corrected chi connectivity index (χ1v) is 5.65. The molecule has 0 spiro atoms. The molecule has 0 aliphatic carbocycles. The lowest BCUT2D eigenvalue weighted by Gasteiger charge is -2.19. The van der Waals surface area contributed by atoms with Crippen molar-refractivity contribution < 1.29 is 14.3 Å². The van der Waals surface area contributed by atoms with Crippen LogP contribution in [0.1, 0.15) is 31.1 Å². The molecule has 0 saturated carbocycles. The zero-order valence-corrected chi connectivity index (χ0v) is 10.9. The van der Waals surface area contributed by atoms with Gasteiger partial charge in [0, 0.05) is 0 Å². The fraction of sp³-hybridized carbons (Fsp3) is 0.385. The Hall–Kier alpha value is -2.04. The molecule has 0 atom stereocenters. The van der Waals surface area contributed by atoms with Gasteiger partial charge in [0.2, 0.25) is 0 Å². The summed E-state index contributed by atoms with van der Waals surface area (Å²) in [5.74, 6) is 0.222. The molecule has 0 radical (unpaired) electrons. The molecule has 0 unspecified atom stereocenters. The zero-order valence-electron chi connectivity index (χ0n) is 10.9. The van der Waals surface area contributed by atoms with Crippen molar-refractivity contribution in [1.29, 1.82) is 0 Å². The number of nitrogens with zero attached hydrogens (tertiary/aromatic N) is 1. The van der Waals surface area contributed by atoms with Gasteiger partial charge in [-0.2, -0.15) is 5.10 Å². The average molecular weight is 248 g/mol. The zero-order chi connectivity index (χ0) is 13.3. The van der Waals surface area contributed by atoms with Crippen LogP contribution in [0.4, 0.5) is 0 Å². The van der Waals surface area contributed by atoms with Crippen LogP contribution in [0.15, 0.2) is 18.3 Å². The van der Waals surface area contributed by atoms with E-state index in [1.807, 2.05) is 20.8 Å². The second-order valence-corrected chi connectivity index (χ2v) is 5.01. The summed E-state index contributed by atoms with van der Waals surface area (Å²) in [4.78, 5) is 12.0. The third-order valence-corrected chi connectivity index (χ3v) is 2.38. The summed E-state index contributed by atoms with van der Waals surface area (Å²) in [5, 5.41) is 7.58. The lowest BCUT2D eigenvalue weighted by Crippen LogP contribution is -2.23. The van der Waals surface area contributed by atoms with Gasteiger partial charge in [-0.3, -0.25) is 5.10 Å². The molecule has 1 aromatic carbocycles. The molecule has 1 N–H and O–H groups in total. The molecule has 0 fully saturated rings. The molecule has 0 bridgehead atoms. The van der Waals surface area contributed by atoms with Gasteiger partial charge >= 0.3 is 5.97 Å². The number of carbonyl (C=O) groups is 1. The van der Waals surface area contributed by atoms with Crippen molar-refractivity contribution in [2.24, 2.45) is 0 Å². The minimum Gasteiger partial charge on any atom is -0.496 e. The van der Waals surface area contributed by atoms with Crippen molar-refractivity contribution in [2.45, 2.75) is 26.4 Å². The van der Waals surface area contributed by atoms with Gasteiger partial charge in [-0.25, -0.2) is 4.79 Å². The highest BCUT2D eigenvalue weighted by atomic mass is 16.6. The number of hydrogen-bond acceptors (Lipinski definition) is 4. The summed E-state index contributed by atoms with van der Waals surface area (Å²) in [7, 11) is 1.56. The Labute approximate surface area is 105 Å². The highest BCUT2D eigenvalue weighted by Crippen LogP contribution is 2.26. The molecular formula is C13H16N2O3. The van der Waals surface area contributed by atoms with Crippen molar-refractivity contribution in [1.82, 2.24) is 10.2 Å². The molecule has 0 aliphatic rings. The van der Waals surface area contributed by atoms with Gasteiger partial charge in [-0.1, -0.05) is 0 Å². The van der Waals surface area contributed by atoms with E-state index >= 15 is 0 Å². The van der Waals surface area contributed by atoms with Gasteiger partial charge in [0.1, 0.15) is 11.4 Å². The largest absolute Gasteiger partial charge is 0.496 e. The Morgan fingerprint density at radius 3 is 2.67 bits per heavy atom. The second kappa shape index (κ2) is 4.33. The Bertz CT molecular complexity index is 581. The molecule has 5 heteroatoms. The number of methoxy groups -OCH3 is 1. The standard InChI is InChI=1S/C13H16N2O3/c1-13(2,3)18-12(16)8-5-10-9(7-14-15-10)11(6-8)17-4/h5-7H,1-4H3,(H,14,15). The number of esters is 1. The van der Waals surface area contributed by atoms with Crippen LogP contribution in [0.25, 0.3) is 10.9 Å². The smallest absolute Gasteiger partial charge is 0.338 e. The molecule has 96 valence electrons. The Balaban J connectivity index is 2.42. The minimum absolute atomic E-state index is 0.377. The number of hydrogen-bond donors (Lipinski definition) is 1. The molecule has 18 heavy (non-hydrogen) atoms. The fourth-order valence-corrected chi connectivity index (χ4v) is 1.64. The third kappa shape index (κ3) is 2.45. The second-order valence-electron chi connectivity index (χ2n) is 5.01. The normalized spacial score (nSPS) is 11.6. The van der Waals surface area contributed by atoms with Crippen LogP contribution < -0.4 is 4.74 Å².